The maximum atomic E-state index is 14.5. The Bertz CT molecular complexity index is 1190. The second-order valence-electron chi connectivity index (χ2n) is 7.14. The molecule has 1 aliphatic heterocycles. The van der Waals surface area contributed by atoms with Gasteiger partial charge in [-0.05, 0) is 66.2 Å². The summed E-state index contributed by atoms with van der Waals surface area (Å²) in [5.41, 5.74) is 0.681. The van der Waals surface area contributed by atoms with Gasteiger partial charge in [-0.25, -0.2) is 4.79 Å². The highest BCUT2D eigenvalue weighted by atomic mass is 35.5. The molecule has 0 saturated carbocycles. The van der Waals surface area contributed by atoms with Gasteiger partial charge in [-0.1, -0.05) is 35.3 Å². The monoisotopic (exact) mass is 475 g/mol. The van der Waals surface area contributed by atoms with Gasteiger partial charge in [0.05, 0.1) is 17.7 Å². The van der Waals surface area contributed by atoms with E-state index in [2.05, 4.69) is 0 Å². The van der Waals surface area contributed by atoms with Gasteiger partial charge in [0.15, 0.2) is 6.04 Å². The first-order valence-corrected chi connectivity index (χ1v) is 10.2. The Kier molecular flexibility index (Phi) is 5.76. The Morgan fingerprint density at radius 1 is 0.844 bits per heavy atom. The second kappa shape index (κ2) is 8.38. The van der Waals surface area contributed by atoms with Crippen LogP contribution in [0.2, 0.25) is 10.0 Å². The van der Waals surface area contributed by atoms with Crippen molar-refractivity contribution in [2.24, 2.45) is 0 Å². The summed E-state index contributed by atoms with van der Waals surface area (Å²) < 4.78 is 43.5. The number of rotatable bonds is 3. The van der Waals surface area contributed by atoms with Crippen LogP contribution in [0.3, 0.4) is 0 Å². The Balaban J connectivity index is 1.95. The number of nitriles is 1. The third-order valence-corrected chi connectivity index (χ3v) is 5.67. The van der Waals surface area contributed by atoms with E-state index in [1.807, 2.05) is 6.07 Å². The molecule has 0 aromatic heterocycles. The molecule has 0 bridgehead atoms. The smallest absolute Gasteiger partial charge is 0.284 e. The maximum absolute atomic E-state index is 14.5. The molecule has 0 spiro atoms. The average Bonchev–Trinajstić information content (AvgIpc) is 3.08. The first-order chi connectivity index (χ1) is 15.2. The molecule has 4 rings (SSSR count). The van der Waals surface area contributed by atoms with Crippen LogP contribution in [-0.2, 0) is 0 Å². The molecule has 3 aromatic rings. The van der Waals surface area contributed by atoms with E-state index in [-0.39, 0.29) is 22.5 Å². The van der Waals surface area contributed by atoms with Crippen molar-refractivity contribution in [2.45, 2.75) is 18.3 Å². The Labute approximate surface area is 192 Å². The summed E-state index contributed by atoms with van der Waals surface area (Å²) in [5.74, 6) is 0. The molecule has 2 atom stereocenters. The van der Waals surface area contributed by atoms with Gasteiger partial charge < -0.3 is 0 Å². The molecule has 4 nitrogen and oxygen atoms in total. The highest BCUT2D eigenvalue weighted by Gasteiger charge is 2.59. The summed E-state index contributed by atoms with van der Waals surface area (Å²) >= 11 is 11.8. The molecule has 0 aliphatic carbocycles. The molecule has 0 N–H and O–H groups in total. The van der Waals surface area contributed by atoms with Crippen molar-refractivity contribution in [1.29, 1.82) is 5.26 Å². The number of urea groups is 1. The molecule has 1 saturated heterocycles. The SMILES string of the molecule is N#Cc1cccc(C2C(C(F)(F)F)N(c3ccc(Cl)cc3)C(=O)N2c2ccc(Cl)cc2)c1. The van der Waals surface area contributed by atoms with Crippen molar-refractivity contribution in [3.05, 3.63) is 94.0 Å². The van der Waals surface area contributed by atoms with Gasteiger partial charge in [0.2, 0.25) is 0 Å². The van der Waals surface area contributed by atoms with Gasteiger partial charge in [-0.15, -0.1) is 0 Å². The zero-order chi connectivity index (χ0) is 23.0. The lowest BCUT2D eigenvalue weighted by Gasteiger charge is -2.30. The molecule has 3 aromatic carbocycles. The summed E-state index contributed by atoms with van der Waals surface area (Å²) in [6, 6.07) is 14.8. The largest absolute Gasteiger partial charge is 0.411 e. The van der Waals surface area contributed by atoms with Gasteiger partial charge >= 0.3 is 12.2 Å². The topological polar surface area (TPSA) is 47.3 Å². The maximum Gasteiger partial charge on any atom is 0.411 e. The van der Waals surface area contributed by atoms with Crippen molar-refractivity contribution in [1.82, 2.24) is 0 Å². The molecule has 2 amide bonds. The van der Waals surface area contributed by atoms with Crippen molar-refractivity contribution in [2.75, 3.05) is 9.80 Å². The van der Waals surface area contributed by atoms with Crippen LogP contribution in [0.5, 0.6) is 0 Å². The zero-order valence-corrected chi connectivity index (χ0v) is 17.7. The van der Waals surface area contributed by atoms with E-state index < -0.39 is 24.3 Å². The van der Waals surface area contributed by atoms with Crippen LogP contribution in [0, 0.1) is 11.3 Å². The van der Waals surface area contributed by atoms with Gasteiger partial charge in [-0.2, -0.15) is 18.4 Å². The number of amides is 2. The van der Waals surface area contributed by atoms with Crippen LogP contribution in [0.4, 0.5) is 29.3 Å². The molecule has 9 heteroatoms. The molecule has 2 unspecified atom stereocenters. The average molecular weight is 476 g/mol. The summed E-state index contributed by atoms with van der Waals surface area (Å²) in [4.78, 5) is 15.3. The van der Waals surface area contributed by atoms with E-state index in [0.29, 0.717) is 14.9 Å². The van der Waals surface area contributed by atoms with Crippen molar-refractivity contribution >= 4 is 40.6 Å². The third kappa shape index (κ3) is 3.99. The first kappa shape index (κ1) is 22.0. The number of benzene rings is 3. The lowest BCUT2D eigenvalue weighted by Crippen LogP contribution is -2.45. The quantitative estimate of drug-likeness (QED) is 0.409. The molecule has 32 heavy (non-hydrogen) atoms. The minimum atomic E-state index is -4.77. The number of anilines is 2. The molecular weight excluding hydrogens is 462 g/mol. The summed E-state index contributed by atoms with van der Waals surface area (Å²) in [7, 11) is 0. The van der Waals surface area contributed by atoms with E-state index in [1.165, 1.54) is 72.8 Å². The van der Waals surface area contributed by atoms with E-state index >= 15 is 0 Å². The fraction of sp³-hybridized carbons (Fsp3) is 0.130. The Morgan fingerprint density at radius 3 is 1.88 bits per heavy atom. The third-order valence-electron chi connectivity index (χ3n) is 5.17. The number of carbonyl (C=O) groups is 1. The van der Waals surface area contributed by atoms with E-state index in [1.54, 1.807) is 0 Å². The second-order valence-corrected chi connectivity index (χ2v) is 8.02. The van der Waals surface area contributed by atoms with Crippen molar-refractivity contribution < 1.29 is 18.0 Å². The number of carbonyl (C=O) groups excluding carboxylic acids is 1. The lowest BCUT2D eigenvalue weighted by atomic mass is 9.96. The fourth-order valence-electron chi connectivity index (χ4n) is 3.83. The number of halogens is 5. The summed E-state index contributed by atoms with van der Waals surface area (Å²) in [6.45, 7) is 0. The molecule has 1 aliphatic rings. The molecular formula is C23H14Cl2F3N3O. The summed E-state index contributed by atoms with van der Waals surface area (Å²) in [6.07, 6.45) is -4.77. The highest BCUT2D eigenvalue weighted by molar-refractivity contribution is 6.31. The van der Waals surface area contributed by atoms with Crippen molar-refractivity contribution in [3.8, 4) is 6.07 Å². The van der Waals surface area contributed by atoms with Crippen LogP contribution < -0.4 is 9.80 Å². The molecule has 162 valence electrons. The Morgan fingerprint density at radius 2 is 1.38 bits per heavy atom. The fourth-order valence-corrected chi connectivity index (χ4v) is 4.08. The first-order valence-electron chi connectivity index (χ1n) is 9.41. The number of nitrogens with zero attached hydrogens (tertiary/aromatic N) is 3. The van der Waals surface area contributed by atoms with Crippen molar-refractivity contribution in [3.63, 3.8) is 0 Å². The van der Waals surface area contributed by atoms with Crippen LogP contribution in [-0.4, -0.2) is 18.2 Å². The standard InChI is InChI=1S/C23H14Cl2F3N3O/c24-16-4-8-18(9-5-16)30-20(15-3-1-2-14(12-15)13-29)21(23(26,27)28)31(22(30)32)19-10-6-17(25)7-11-19/h1-12,20-21H. The van der Waals surface area contributed by atoms with Gasteiger partial charge in [-0.3, -0.25) is 9.80 Å². The number of alkyl halides is 3. The number of hydrogen-bond acceptors (Lipinski definition) is 2. The minimum Gasteiger partial charge on any atom is -0.284 e. The van der Waals surface area contributed by atoms with Crippen LogP contribution in [0.25, 0.3) is 0 Å². The predicted octanol–water partition coefficient (Wildman–Crippen LogP) is 6.98. The van der Waals surface area contributed by atoms with Gasteiger partial charge in [0, 0.05) is 21.4 Å². The molecule has 0 radical (unpaired) electrons. The molecule has 1 fully saturated rings. The Hall–Kier alpha value is -3.21. The van der Waals surface area contributed by atoms with Crippen LogP contribution in [0.15, 0.2) is 72.8 Å². The van der Waals surface area contributed by atoms with E-state index in [0.717, 1.165) is 4.90 Å². The highest BCUT2D eigenvalue weighted by Crippen LogP contribution is 2.47. The summed E-state index contributed by atoms with van der Waals surface area (Å²) in [5, 5.41) is 9.97. The van der Waals surface area contributed by atoms with Gasteiger partial charge in [0.25, 0.3) is 0 Å². The number of hydrogen-bond donors (Lipinski definition) is 0. The lowest BCUT2D eigenvalue weighted by molar-refractivity contribution is -0.148. The van der Waals surface area contributed by atoms with E-state index in [4.69, 9.17) is 23.2 Å². The molecule has 1 heterocycles. The van der Waals surface area contributed by atoms with Crippen LogP contribution >= 0.6 is 23.2 Å². The van der Waals surface area contributed by atoms with E-state index in [9.17, 15) is 23.2 Å². The minimum absolute atomic E-state index is 0.0552. The van der Waals surface area contributed by atoms with Crippen LogP contribution in [0.1, 0.15) is 17.2 Å². The normalized spacial score (nSPS) is 18.7. The zero-order valence-electron chi connectivity index (χ0n) is 16.2. The predicted molar refractivity (Wildman–Crippen MR) is 117 cm³/mol. The van der Waals surface area contributed by atoms with Gasteiger partial charge in [0.1, 0.15) is 0 Å².